The molecule has 15 heavy (non-hydrogen) atoms. The van der Waals surface area contributed by atoms with E-state index in [1.807, 2.05) is 36.4 Å². The SMILES string of the molecule is Cc1nc(CC(=O)O)n2c(C)cccc12. The third-order valence-electron chi connectivity index (χ3n) is 2.42. The number of rotatable bonds is 2. The van der Waals surface area contributed by atoms with Crippen LogP contribution in [0.3, 0.4) is 0 Å². The van der Waals surface area contributed by atoms with Crippen LogP contribution in [0.15, 0.2) is 18.2 Å². The molecular weight excluding hydrogens is 192 g/mol. The number of carboxylic acids is 1. The number of carboxylic acid groups (broad SMARTS) is 1. The minimum atomic E-state index is -0.856. The van der Waals surface area contributed by atoms with Gasteiger partial charge in [0, 0.05) is 5.69 Å². The summed E-state index contributed by atoms with van der Waals surface area (Å²) < 4.78 is 1.89. The molecule has 0 spiro atoms. The van der Waals surface area contributed by atoms with E-state index in [1.165, 1.54) is 0 Å². The second kappa shape index (κ2) is 3.38. The normalized spacial score (nSPS) is 10.8. The number of carbonyl (C=O) groups is 1. The van der Waals surface area contributed by atoms with E-state index in [2.05, 4.69) is 4.98 Å². The summed E-state index contributed by atoms with van der Waals surface area (Å²) in [5, 5.41) is 8.77. The molecule has 4 nitrogen and oxygen atoms in total. The van der Waals surface area contributed by atoms with Crippen molar-refractivity contribution in [3.8, 4) is 0 Å². The number of pyridine rings is 1. The van der Waals surface area contributed by atoms with E-state index in [0.29, 0.717) is 5.82 Å². The number of hydrogen-bond donors (Lipinski definition) is 1. The van der Waals surface area contributed by atoms with E-state index in [9.17, 15) is 4.79 Å². The number of hydrogen-bond acceptors (Lipinski definition) is 2. The highest BCUT2D eigenvalue weighted by atomic mass is 16.4. The van der Waals surface area contributed by atoms with Gasteiger partial charge in [-0.25, -0.2) is 4.98 Å². The smallest absolute Gasteiger partial charge is 0.311 e. The van der Waals surface area contributed by atoms with Crippen molar-refractivity contribution in [2.24, 2.45) is 0 Å². The van der Waals surface area contributed by atoms with Crippen LogP contribution < -0.4 is 0 Å². The van der Waals surface area contributed by atoms with Crippen molar-refractivity contribution in [2.75, 3.05) is 0 Å². The molecule has 0 atom stereocenters. The quantitative estimate of drug-likeness (QED) is 0.808. The molecule has 4 heteroatoms. The molecule has 0 aliphatic carbocycles. The van der Waals surface area contributed by atoms with Crippen molar-refractivity contribution in [1.29, 1.82) is 0 Å². The highest BCUT2D eigenvalue weighted by molar-refractivity contribution is 5.70. The van der Waals surface area contributed by atoms with Crippen LogP contribution >= 0.6 is 0 Å². The molecule has 0 unspecified atom stereocenters. The highest BCUT2D eigenvalue weighted by Crippen LogP contribution is 2.15. The van der Waals surface area contributed by atoms with E-state index in [1.54, 1.807) is 0 Å². The first-order valence-corrected chi connectivity index (χ1v) is 4.75. The molecule has 0 radical (unpaired) electrons. The molecule has 2 heterocycles. The average molecular weight is 204 g/mol. The van der Waals surface area contributed by atoms with Crippen LogP contribution in [0.25, 0.3) is 5.52 Å². The predicted octanol–water partition coefficient (Wildman–Crippen LogP) is 1.58. The van der Waals surface area contributed by atoms with Crippen molar-refractivity contribution in [1.82, 2.24) is 9.38 Å². The lowest BCUT2D eigenvalue weighted by atomic mass is 10.3. The summed E-state index contributed by atoms with van der Waals surface area (Å²) in [6.07, 6.45) is -0.0418. The first kappa shape index (κ1) is 9.71. The Morgan fingerprint density at radius 1 is 1.47 bits per heavy atom. The molecule has 1 N–H and O–H groups in total. The van der Waals surface area contributed by atoms with Crippen LogP contribution in [0, 0.1) is 13.8 Å². The molecule has 0 aromatic carbocycles. The monoisotopic (exact) mass is 204 g/mol. The summed E-state index contributed by atoms with van der Waals surface area (Å²) >= 11 is 0. The lowest BCUT2D eigenvalue weighted by Crippen LogP contribution is -2.06. The maximum Gasteiger partial charge on any atom is 0.311 e. The number of aryl methyl sites for hydroxylation is 2. The molecule has 0 aliphatic rings. The van der Waals surface area contributed by atoms with Gasteiger partial charge in [-0.15, -0.1) is 0 Å². The summed E-state index contributed by atoms with van der Waals surface area (Å²) in [7, 11) is 0. The maximum absolute atomic E-state index is 10.7. The Morgan fingerprint density at radius 2 is 2.20 bits per heavy atom. The second-order valence-corrected chi connectivity index (χ2v) is 3.57. The Morgan fingerprint density at radius 3 is 2.87 bits per heavy atom. The summed E-state index contributed by atoms with van der Waals surface area (Å²) in [6, 6.07) is 5.84. The summed E-state index contributed by atoms with van der Waals surface area (Å²) in [6.45, 7) is 3.83. The molecule has 2 aromatic rings. The second-order valence-electron chi connectivity index (χ2n) is 3.57. The summed E-state index contributed by atoms with van der Waals surface area (Å²) in [4.78, 5) is 15.0. The molecule has 78 valence electrons. The average Bonchev–Trinajstić information content (AvgIpc) is 2.44. The zero-order valence-corrected chi connectivity index (χ0v) is 8.69. The van der Waals surface area contributed by atoms with Gasteiger partial charge in [0.15, 0.2) is 0 Å². The Hall–Kier alpha value is -1.84. The fourth-order valence-corrected chi connectivity index (χ4v) is 1.80. The fourth-order valence-electron chi connectivity index (χ4n) is 1.80. The van der Waals surface area contributed by atoms with Gasteiger partial charge in [0.2, 0.25) is 0 Å². The molecule has 0 amide bonds. The number of aromatic nitrogens is 2. The van der Waals surface area contributed by atoms with Gasteiger partial charge in [-0.05, 0) is 26.0 Å². The summed E-state index contributed by atoms with van der Waals surface area (Å²) in [5.74, 6) is -0.266. The minimum Gasteiger partial charge on any atom is -0.481 e. The van der Waals surface area contributed by atoms with Gasteiger partial charge >= 0.3 is 5.97 Å². The topological polar surface area (TPSA) is 54.6 Å². The van der Waals surface area contributed by atoms with Crippen LogP contribution in [0.1, 0.15) is 17.2 Å². The minimum absolute atomic E-state index is 0.0418. The lowest BCUT2D eigenvalue weighted by Gasteiger charge is -2.02. The maximum atomic E-state index is 10.7. The number of fused-ring (bicyclic) bond motifs is 1. The van der Waals surface area contributed by atoms with E-state index in [4.69, 9.17) is 5.11 Å². The van der Waals surface area contributed by atoms with Crippen molar-refractivity contribution < 1.29 is 9.90 Å². The Kier molecular flexibility index (Phi) is 2.19. The molecule has 0 saturated heterocycles. The highest BCUT2D eigenvalue weighted by Gasteiger charge is 2.11. The van der Waals surface area contributed by atoms with E-state index in [0.717, 1.165) is 16.9 Å². The third-order valence-corrected chi connectivity index (χ3v) is 2.42. The van der Waals surface area contributed by atoms with Crippen LogP contribution in [0.4, 0.5) is 0 Å². The van der Waals surface area contributed by atoms with Crippen molar-refractivity contribution >= 4 is 11.5 Å². The molecule has 2 aromatic heterocycles. The van der Waals surface area contributed by atoms with E-state index in [-0.39, 0.29) is 6.42 Å². The molecule has 0 aliphatic heterocycles. The van der Waals surface area contributed by atoms with Crippen molar-refractivity contribution in [2.45, 2.75) is 20.3 Å². The van der Waals surface area contributed by atoms with E-state index >= 15 is 0 Å². The van der Waals surface area contributed by atoms with Crippen molar-refractivity contribution in [3.05, 3.63) is 35.4 Å². The van der Waals surface area contributed by atoms with Crippen LogP contribution in [0.5, 0.6) is 0 Å². The van der Waals surface area contributed by atoms with Gasteiger partial charge in [-0.1, -0.05) is 6.07 Å². The zero-order valence-electron chi connectivity index (χ0n) is 8.69. The van der Waals surface area contributed by atoms with Crippen LogP contribution in [0.2, 0.25) is 0 Å². The number of imidazole rings is 1. The first-order valence-electron chi connectivity index (χ1n) is 4.75. The molecular formula is C11H12N2O2. The largest absolute Gasteiger partial charge is 0.481 e. The third kappa shape index (κ3) is 1.58. The number of aliphatic carboxylic acids is 1. The molecule has 0 fully saturated rings. The Bertz CT molecular complexity index is 529. The van der Waals surface area contributed by atoms with Crippen LogP contribution in [-0.2, 0) is 11.2 Å². The molecule has 0 saturated carbocycles. The summed E-state index contributed by atoms with van der Waals surface area (Å²) in [5.41, 5.74) is 2.85. The standard InChI is InChI=1S/C11H12N2O2/c1-7-4-3-5-9-8(2)12-10(13(7)9)6-11(14)15/h3-5H,6H2,1-2H3,(H,14,15). The van der Waals surface area contributed by atoms with Crippen LogP contribution in [-0.4, -0.2) is 20.5 Å². The van der Waals surface area contributed by atoms with Crippen molar-refractivity contribution in [3.63, 3.8) is 0 Å². The Balaban J connectivity index is 2.70. The zero-order chi connectivity index (χ0) is 11.0. The van der Waals surface area contributed by atoms with Gasteiger partial charge in [-0.2, -0.15) is 0 Å². The fraction of sp³-hybridized carbons (Fsp3) is 0.273. The first-order chi connectivity index (χ1) is 7.09. The van der Waals surface area contributed by atoms with Gasteiger partial charge in [-0.3, -0.25) is 4.79 Å². The molecule has 0 bridgehead atoms. The van der Waals surface area contributed by atoms with Gasteiger partial charge in [0.25, 0.3) is 0 Å². The number of nitrogens with zero attached hydrogens (tertiary/aromatic N) is 2. The lowest BCUT2D eigenvalue weighted by molar-refractivity contribution is -0.136. The Labute approximate surface area is 87.2 Å². The van der Waals surface area contributed by atoms with Gasteiger partial charge in [0.1, 0.15) is 12.2 Å². The van der Waals surface area contributed by atoms with Gasteiger partial charge in [0.05, 0.1) is 11.2 Å². The van der Waals surface area contributed by atoms with Gasteiger partial charge < -0.3 is 9.51 Å². The predicted molar refractivity (Wildman–Crippen MR) is 56.0 cm³/mol. The van der Waals surface area contributed by atoms with E-state index < -0.39 is 5.97 Å². The molecule has 2 rings (SSSR count).